The number of rotatable bonds is 6. The van der Waals surface area contributed by atoms with Gasteiger partial charge in [-0.1, -0.05) is 18.2 Å². The minimum Gasteiger partial charge on any atom is -0.394 e. The number of aliphatic hydroxyl groups excluding tert-OH is 1. The Balaban J connectivity index is 1.92. The molecule has 1 aromatic heterocycles. The van der Waals surface area contributed by atoms with Crippen LogP contribution < -0.4 is 5.32 Å². The van der Waals surface area contributed by atoms with Crippen molar-refractivity contribution in [3.63, 3.8) is 0 Å². The Bertz CT molecular complexity index is 527. The first kappa shape index (κ1) is 13.7. The third kappa shape index (κ3) is 3.62. The van der Waals surface area contributed by atoms with Gasteiger partial charge in [0.25, 0.3) is 0 Å². The summed E-state index contributed by atoms with van der Waals surface area (Å²) in [5.74, 6) is -0.196. The van der Waals surface area contributed by atoms with Crippen molar-refractivity contribution in [3.8, 4) is 0 Å². The van der Waals surface area contributed by atoms with Gasteiger partial charge < -0.3 is 10.4 Å². The average Bonchev–Trinajstić information content (AvgIpc) is 2.85. The second-order valence-electron chi connectivity index (χ2n) is 4.46. The highest BCUT2D eigenvalue weighted by Crippen LogP contribution is 2.16. The number of hydrogen-bond acceptors (Lipinski definition) is 3. The summed E-state index contributed by atoms with van der Waals surface area (Å²) in [7, 11) is 0. The monoisotopic (exact) mass is 263 g/mol. The van der Waals surface area contributed by atoms with E-state index in [1.807, 2.05) is 19.2 Å². The standard InChI is InChI=1S/C14H18FN3O/c1-11(13-4-2-3-5-14(13)15)16-8-12-9-17-18(10-12)6-7-19/h2-5,9-11,16,19H,6-8H2,1H3. The largest absolute Gasteiger partial charge is 0.394 e. The van der Waals surface area contributed by atoms with Gasteiger partial charge in [0.05, 0.1) is 19.3 Å². The van der Waals surface area contributed by atoms with Gasteiger partial charge in [-0.2, -0.15) is 5.10 Å². The van der Waals surface area contributed by atoms with Gasteiger partial charge in [-0.15, -0.1) is 0 Å². The van der Waals surface area contributed by atoms with Gasteiger partial charge in [-0.25, -0.2) is 4.39 Å². The van der Waals surface area contributed by atoms with Crippen molar-refractivity contribution < 1.29 is 9.50 Å². The third-order valence-electron chi connectivity index (χ3n) is 3.00. The predicted octanol–water partition coefficient (Wildman–Crippen LogP) is 1.87. The fraction of sp³-hybridized carbons (Fsp3) is 0.357. The number of halogens is 1. The van der Waals surface area contributed by atoms with E-state index < -0.39 is 0 Å². The van der Waals surface area contributed by atoms with E-state index in [-0.39, 0.29) is 18.5 Å². The molecule has 0 aliphatic heterocycles. The van der Waals surface area contributed by atoms with Gasteiger partial charge in [0, 0.05) is 29.9 Å². The molecule has 1 unspecified atom stereocenters. The zero-order valence-electron chi connectivity index (χ0n) is 10.9. The molecular weight excluding hydrogens is 245 g/mol. The molecule has 2 rings (SSSR count). The van der Waals surface area contributed by atoms with Crippen LogP contribution in [0.25, 0.3) is 0 Å². The van der Waals surface area contributed by atoms with Gasteiger partial charge in [0.1, 0.15) is 5.82 Å². The van der Waals surface area contributed by atoms with E-state index in [1.165, 1.54) is 6.07 Å². The van der Waals surface area contributed by atoms with Gasteiger partial charge in [0.15, 0.2) is 0 Å². The minimum atomic E-state index is -0.196. The number of hydrogen-bond donors (Lipinski definition) is 2. The van der Waals surface area contributed by atoms with Crippen molar-refractivity contribution in [2.24, 2.45) is 0 Å². The SMILES string of the molecule is CC(NCc1cnn(CCO)c1)c1ccccc1F. The van der Waals surface area contributed by atoms with E-state index in [9.17, 15) is 4.39 Å². The lowest BCUT2D eigenvalue weighted by molar-refractivity contribution is 0.269. The van der Waals surface area contributed by atoms with E-state index in [0.717, 1.165) is 5.56 Å². The van der Waals surface area contributed by atoms with Crippen molar-refractivity contribution in [2.45, 2.75) is 26.1 Å². The highest BCUT2D eigenvalue weighted by atomic mass is 19.1. The highest BCUT2D eigenvalue weighted by molar-refractivity contribution is 5.20. The van der Waals surface area contributed by atoms with E-state index >= 15 is 0 Å². The van der Waals surface area contributed by atoms with Gasteiger partial charge in [-0.3, -0.25) is 4.68 Å². The van der Waals surface area contributed by atoms with Crippen LogP contribution in [0, 0.1) is 5.82 Å². The molecular formula is C14H18FN3O. The molecule has 0 fully saturated rings. The maximum atomic E-state index is 13.6. The Morgan fingerprint density at radius 1 is 1.42 bits per heavy atom. The molecule has 1 heterocycles. The fourth-order valence-electron chi connectivity index (χ4n) is 1.93. The van der Waals surface area contributed by atoms with Crippen molar-refractivity contribution in [2.75, 3.05) is 6.61 Å². The molecule has 5 heteroatoms. The van der Waals surface area contributed by atoms with Crippen LogP contribution in [0.1, 0.15) is 24.1 Å². The zero-order valence-corrected chi connectivity index (χ0v) is 10.9. The maximum Gasteiger partial charge on any atom is 0.127 e. The summed E-state index contributed by atoms with van der Waals surface area (Å²) in [6.45, 7) is 3.10. The van der Waals surface area contributed by atoms with Crippen molar-refractivity contribution in [3.05, 3.63) is 53.6 Å². The van der Waals surface area contributed by atoms with Gasteiger partial charge in [0.2, 0.25) is 0 Å². The quantitative estimate of drug-likeness (QED) is 0.836. The Hall–Kier alpha value is -1.72. The summed E-state index contributed by atoms with van der Waals surface area (Å²) in [5, 5.41) is 16.2. The summed E-state index contributed by atoms with van der Waals surface area (Å²) >= 11 is 0. The number of aliphatic hydroxyl groups is 1. The van der Waals surface area contributed by atoms with Crippen molar-refractivity contribution >= 4 is 0 Å². The molecule has 0 amide bonds. The van der Waals surface area contributed by atoms with Crippen LogP contribution in [0.3, 0.4) is 0 Å². The Kier molecular flexibility index (Phi) is 4.65. The molecule has 2 aromatic rings. The molecule has 0 radical (unpaired) electrons. The van der Waals surface area contributed by atoms with Gasteiger partial charge in [-0.05, 0) is 13.0 Å². The van der Waals surface area contributed by atoms with Crippen LogP contribution in [0.4, 0.5) is 4.39 Å². The normalized spacial score (nSPS) is 12.6. The van der Waals surface area contributed by atoms with Crippen LogP contribution >= 0.6 is 0 Å². The summed E-state index contributed by atoms with van der Waals surface area (Å²) < 4.78 is 15.3. The van der Waals surface area contributed by atoms with E-state index in [2.05, 4.69) is 10.4 Å². The second-order valence-corrected chi connectivity index (χ2v) is 4.46. The first-order chi connectivity index (χ1) is 9.20. The van der Waals surface area contributed by atoms with Crippen LogP contribution in [0.2, 0.25) is 0 Å². The fourth-order valence-corrected chi connectivity index (χ4v) is 1.93. The van der Waals surface area contributed by atoms with Crippen LogP contribution in [-0.2, 0) is 13.1 Å². The molecule has 4 nitrogen and oxygen atoms in total. The first-order valence-electron chi connectivity index (χ1n) is 6.30. The molecule has 0 aliphatic rings. The topological polar surface area (TPSA) is 50.1 Å². The molecule has 19 heavy (non-hydrogen) atoms. The zero-order chi connectivity index (χ0) is 13.7. The highest BCUT2D eigenvalue weighted by Gasteiger charge is 2.09. The molecule has 1 atom stereocenters. The smallest absolute Gasteiger partial charge is 0.127 e. The van der Waals surface area contributed by atoms with Crippen molar-refractivity contribution in [1.82, 2.24) is 15.1 Å². The molecule has 0 spiro atoms. The van der Waals surface area contributed by atoms with E-state index in [0.29, 0.717) is 18.7 Å². The summed E-state index contributed by atoms with van der Waals surface area (Å²) in [6, 6.07) is 6.69. The Morgan fingerprint density at radius 3 is 2.95 bits per heavy atom. The van der Waals surface area contributed by atoms with Gasteiger partial charge >= 0.3 is 0 Å². The number of nitrogens with one attached hydrogen (secondary N) is 1. The number of benzene rings is 1. The lowest BCUT2D eigenvalue weighted by Crippen LogP contribution is -2.18. The molecule has 0 saturated carbocycles. The average molecular weight is 263 g/mol. The van der Waals surface area contributed by atoms with E-state index in [1.54, 1.807) is 23.0 Å². The van der Waals surface area contributed by atoms with Crippen molar-refractivity contribution in [1.29, 1.82) is 0 Å². The lowest BCUT2D eigenvalue weighted by Gasteiger charge is -2.14. The minimum absolute atomic E-state index is 0.0672. The third-order valence-corrected chi connectivity index (χ3v) is 3.00. The second kappa shape index (κ2) is 6.45. The Labute approximate surface area is 111 Å². The summed E-state index contributed by atoms with van der Waals surface area (Å²) in [4.78, 5) is 0. The summed E-state index contributed by atoms with van der Waals surface area (Å²) in [6.07, 6.45) is 3.62. The lowest BCUT2D eigenvalue weighted by atomic mass is 10.1. The molecule has 0 bridgehead atoms. The Morgan fingerprint density at radius 2 is 2.21 bits per heavy atom. The van der Waals surface area contributed by atoms with Crippen LogP contribution in [-0.4, -0.2) is 21.5 Å². The molecule has 2 N–H and O–H groups in total. The van der Waals surface area contributed by atoms with E-state index in [4.69, 9.17) is 5.11 Å². The predicted molar refractivity (Wildman–Crippen MR) is 71.0 cm³/mol. The molecule has 0 aliphatic carbocycles. The number of nitrogens with zero attached hydrogens (tertiary/aromatic N) is 2. The summed E-state index contributed by atoms with van der Waals surface area (Å²) in [5.41, 5.74) is 1.67. The molecule has 1 aromatic carbocycles. The number of aromatic nitrogens is 2. The van der Waals surface area contributed by atoms with Crippen LogP contribution in [0.15, 0.2) is 36.7 Å². The van der Waals surface area contributed by atoms with Crippen LogP contribution in [0.5, 0.6) is 0 Å². The molecule has 0 saturated heterocycles. The maximum absolute atomic E-state index is 13.6. The first-order valence-corrected chi connectivity index (χ1v) is 6.30. The molecule has 102 valence electrons.